The van der Waals surface area contributed by atoms with Gasteiger partial charge in [-0.25, -0.2) is 4.98 Å². The number of nitrogens with one attached hydrogen (secondary N) is 1. The van der Waals surface area contributed by atoms with E-state index in [0.29, 0.717) is 11.8 Å². The second kappa shape index (κ2) is 4.52. The van der Waals surface area contributed by atoms with Gasteiger partial charge >= 0.3 is 6.01 Å². The Kier molecular flexibility index (Phi) is 2.71. The molecule has 0 fully saturated rings. The van der Waals surface area contributed by atoms with Gasteiger partial charge in [0.05, 0.1) is 12.8 Å². The number of imidazole rings is 1. The number of ether oxygens (including phenoxy) is 1. The summed E-state index contributed by atoms with van der Waals surface area (Å²) >= 11 is 0. The van der Waals surface area contributed by atoms with Gasteiger partial charge in [-0.15, -0.1) is 0 Å². The Morgan fingerprint density at radius 2 is 2.11 bits per heavy atom. The third kappa shape index (κ3) is 1.95. The number of hydrogen-bond acceptors (Lipinski definition) is 6. The number of hydrogen-bond donors (Lipinski definition) is 1. The molecule has 0 radical (unpaired) electrons. The Hall–Kier alpha value is -2.70. The molecule has 0 saturated heterocycles. The molecule has 7 nitrogen and oxygen atoms in total. The zero-order valence-corrected chi connectivity index (χ0v) is 10.5. The van der Waals surface area contributed by atoms with E-state index in [2.05, 4.69) is 25.3 Å². The van der Waals surface area contributed by atoms with E-state index in [1.54, 1.807) is 13.2 Å². The minimum atomic E-state index is 0.270. The predicted molar refractivity (Wildman–Crippen MR) is 70.1 cm³/mol. The second-order valence-corrected chi connectivity index (χ2v) is 3.79. The first-order valence-electron chi connectivity index (χ1n) is 5.72. The van der Waals surface area contributed by atoms with Gasteiger partial charge in [-0.3, -0.25) is 4.40 Å². The number of fused-ring (bicyclic) bond motifs is 1. The van der Waals surface area contributed by atoms with E-state index in [1.165, 1.54) is 7.11 Å². The molecule has 0 aliphatic carbocycles. The van der Waals surface area contributed by atoms with Crippen LogP contribution in [-0.2, 0) is 0 Å². The van der Waals surface area contributed by atoms with Crippen LogP contribution in [0.2, 0.25) is 0 Å². The average molecular weight is 256 g/mol. The van der Waals surface area contributed by atoms with Gasteiger partial charge in [-0.05, 0) is 12.1 Å². The first kappa shape index (κ1) is 11.4. The smallest absolute Gasteiger partial charge is 0.321 e. The number of anilines is 1. The third-order valence-electron chi connectivity index (χ3n) is 2.68. The van der Waals surface area contributed by atoms with Crippen LogP contribution < -0.4 is 10.1 Å². The highest BCUT2D eigenvalue weighted by molar-refractivity contribution is 5.57. The second-order valence-electron chi connectivity index (χ2n) is 3.79. The maximum atomic E-state index is 5.09. The number of pyridine rings is 1. The molecule has 0 amide bonds. The molecule has 0 spiro atoms. The standard InChI is InChI=1S/C12H12N6O/c1-13-11-15-10(16-12(17-11)19-2)8-4-3-5-9-14-6-7-18(8)9/h3-7H,1-2H3,(H,13,15,16,17). The van der Waals surface area contributed by atoms with E-state index in [1.807, 2.05) is 28.8 Å². The van der Waals surface area contributed by atoms with Gasteiger partial charge in [0.1, 0.15) is 5.65 Å². The quantitative estimate of drug-likeness (QED) is 0.759. The zero-order chi connectivity index (χ0) is 13.2. The molecule has 0 aliphatic heterocycles. The van der Waals surface area contributed by atoms with Crippen LogP contribution in [0.5, 0.6) is 6.01 Å². The lowest BCUT2D eigenvalue weighted by Crippen LogP contribution is -2.04. The molecule has 1 N–H and O–H groups in total. The van der Waals surface area contributed by atoms with Crippen LogP contribution in [0.4, 0.5) is 5.95 Å². The van der Waals surface area contributed by atoms with E-state index in [9.17, 15) is 0 Å². The molecule has 19 heavy (non-hydrogen) atoms. The molecule has 0 bridgehead atoms. The highest BCUT2D eigenvalue weighted by atomic mass is 16.5. The van der Waals surface area contributed by atoms with Crippen molar-refractivity contribution in [1.29, 1.82) is 0 Å². The van der Waals surface area contributed by atoms with Crippen molar-refractivity contribution in [3.8, 4) is 17.5 Å². The van der Waals surface area contributed by atoms with Gasteiger partial charge < -0.3 is 10.1 Å². The van der Waals surface area contributed by atoms with Crippen molar-refractivity contribution in [3.63, 3.8) is 0 Å². The van der Waals surface area contributed by atoms with Gasteiger partial charge in [0.2, 0.25) is 5.95 Å². The maximum absolute atomic E-state index is 5.09. The van der Waals surface area contributed by atoms with E-state index >= 15 is 0 Å². The molecule has 0 saturated carbocycles. The van der Waals surface area contributed by atoms with Crippen LogP contribution in [-0.4, -0.2) is 38.5 Å². The molecule has 96 valence electrons. The fourth-order valence-corrected chi connectivity index (χ4v) is 1.80. The van der Waals surface area contributed by atoms with Crippen LogP contribution in [0.3, 0.4) is 0 Å². The van der Waals surface area contributed by atoms with E-state index in [4.69, 9.17) is 4.74 Å². The van der Waals surface area contributed by atoms with Crippen LogP contribution in [0.15, 0.2) is 30.6 Å². The monoisotopic (exact) mass is 256 g/mol. The molecule has 0 aromatic carbocycles. The van der Waals surface area contributed by atoms with Crippen LogP contribution >= 0.6 is 0 Å². The Balaban J connectivity index is 2.23. The van der Waals surface area contributed by atoms with Gasteiger partial charge in [0.15, 0.2) is 5.82 Å². The van der Waals surface area contributed by atoms with Crippen molar-refractivity contribution in [2.75, 3.05) is 19.5 Å². The Morgan fingerprint density at radius 1 is 1.21 bits per heavy atom. The first-order chi connectivity index (χ1) is 9.31. The molecule has 3 aromatic rings. The summed E-state index contributed by atoms with van der Waals surface area (Å²) in [5.74, 6) is 0.985. The lowest BCUT2D eigenvalue weighted by atomic mass is 10.3. The lowest BCUT2D eigenvalue weighted by molar-refractivity contribution is 0.379. The van der Waals surface area contributed by atoms with Crippen molar-refractivity contribution in [3.05, 3.63) is 30.6 Å². The Morgan fingerprint density at radius 3 is 2.89 bits per heavy atom. The summed E-state index contributed by atoms with van der Waals surface area (Å²) < 4.78 is 7.00. The van der Waals surface area contributed by atoms with E-state index in [-0.39, 0.29) is 6.01 Å². The molecule has 0 atom stereocenters. The number of nitrogens with zero attached hydrogens (tertiary/aromatic N) is 5. The summed E-state index contributed by atoms with van der Waals surface area (Å²) in [6.45, 7) is 0. The van der Waals surface area contributed by atoms with E-state index in [0.717, 1.165) is 11.3 Å². The summed E-state index contributed by atoms with van der Waals surface area (Å²) in [6.07, 6.45) is 3.59. The van der Waals surface area contributed by atoms with Crippen molar-refractivity contribution in [2.24, 2.45) is 0 Å². The maximum Gasteiger partial charge on any atom is 0.321 e. The van der Waals surface area contributed by atoms with Crippen molar-refractivity contribution < 1.29 is 4.74 Å². The molecular formula is C12H12N6O. The summed E-state index contributed by atoms with van der Waals surface area (Å²) in [5.41, 5.74) is 1.66. The highest BCUT2D eigenvalue weighted by Gasteiger charge is 2.11. The Labute approximate surface area is 109 Å². The van der Waals surface area contributed by atoms with Crippen molar-refractivity contribution in [1.82, 2.24) is 24.3 Å². The summed E-state index contributed by atoms with van der Waals surface area (Å²) in [6, 6.07) is 6.02. The molecule has 3 heterocycles. The molecule has 0 unspecified atom stereocenters. The molecule has 3 rings (SSSR count). The molecule has 0 aliphatic rings. The van der Waals surface area contributed by atoms with Gasteiger partial charge in [0, 0.05) is 19.4 Å². The van der Waals surface area contributed by atoms with Crippen LogP contribution in [0.25, 0.3) is 17.2 Å². The Bertz CT molecular complexity index is 701. The summed E-state index contributed by atoms with van der Waals surface area (Å²) in [7, 11) is 3.27. The largest absolute Gasteiger partial charge is 0.467 e. The minimum Gasteiger partial charge on any atom is -0.467 e. The average Bonchev–Trinajstić information content (AvgIpc) is 2.94. The van der Waals surface area contributed by atoms with Crippen LogP contribution in [0, 0.1) is 0 Å². The number of methoxy groups -OCH3 is 1. The normalized spacial score (nSPS) is 10.6. The minimum absolute atomic E-state index is 0.270. The lowest BCUT2D eigenvalue weighted by Gasteiger charge is -2.07. The van der Waals surface area contributed by atoms with Crippen molar-refractivity contribution >= 4 is 11.6 Å². The molecular weight excluding hydrogens is 244 g/mol. The fraction of sp³-hybridized carbons (Fsp3) is 0.167. The number of rotatable bonds is 3. The zero-order valence-electron chi connectivity index (χ0n) is 10.5. The van der Waals surface area contributed by atoms with Gasteiger partial charge in [0.25, 0.3) is 0 Å². The van der Waals surface area contributed by atoms with Gasteiger partial charge in [-0.1, -0.05) is 6.07 Å². The SMILES string of the molecule is CNc1nc(OC)nc(-c2cccc3nccn23)n1. The first-order valence-corrected chi connectivity index (χ1v) is 5.72. The summed E-state index contributed by atoms with van der Waals surface area (Å²) in [5, 5.41) is 2.89. The highest BCUT2D eigenvalue weighted by Crippen LogP contribution is 2.19. The number of aromatic nitrogens is 5. The molecule has 7 heteroatoms. The van der Waals surface area contributed by atoms with Crippen LogP contribution in [0.1, 0.15) is 0 Å². The molecule has 3 aromatic heterocycles. The topological polar surface area (TPSA) is 77.2 Å². The summed E-state index contributed by atoms with van der Waals surface area (Å²) in [4.78, 5) is 16.9. The van der Waals surface area contributed by atoms with Gasteiger partial charge in [-0.2, -0.15) is 15.0 Å². The van der Waals surface area contributed by atoms with E-state index < -0.39 is 0 Å². The predicted octanol–water partition coefficient (Wildman–Crippen LogP) is 1.24. The van der Waals surface area contributed by atoms with Crippen molar-refractivity contribution in [2.45, 2.75) is 0 Å². The third-order valence-corrected chi connectivity index (χ3v) is 2.68. The fourth-order valence-electron chi connectivity index (χ4n) is 1.80.